The summed E-state index contributed by atoms with van der Waals surface area (Å²) in [5, 5.41) is 11.5. The zero-order valence-corrected chi connectivity index (χ0v) is 18.9. The van der Waals surface area contributed by atoms with Crippen molar-refractivity contribution in [2.75, 3.05) is 6.54 Å². The number of nitrogens with zero attached hydrogens (tertiary/aromatic N) is 2. The fourth-order valence-electron chi connectivity index (χ4n) is 3.66. The van der Waals surface area contributed by atoms with E-state index in [0.29, 0.717) is 22.9 Å². The number of Topliss-reactive ketones (excluding diaryl/α,β-unsaturated/α-hetero) is 1. The van der Waals surface area contributed by atoms with E-state index >= 15 is 0 Å². The lowest BCUT2D eigenvalue weighted by molar-refractivity contribution is -0.129. The molecule has 1 unspecified atom stereocenters. The molecule has 1 atom stereocenters. The zero-order chi connectivity index (χ0) is 22.0. The molecule has 0 bridgehead atoms. The summed E-state index contributed by atoms with van der Waals surface area (Å²) in [6.07, 6.45) is 1.72. The summed E-state index contributed by atoms with van der Waals surface area (Å²) in [7, 11) is 0. The van der Waals surface area contributed by atoms with Crippen molar-refractivity contribution in [3.05, 3.63) is 56.7 Å². The highest BCUT2D eigenvalue weighted by molar-refractivity contribution is 7.14. The van der Waals surface area contributed by atoms with Gasteiger partial charge in [-0.25, -0.2) is 4.98 Å². The number of carbonyl (C=O) groups is 2. The van der Waals surface area contributed by atoms with E-state index in [9.17, 15) is 14.7 Å². The van der Waals surface area contributed by atoms with Gasteiger partial charge in [-0.2, -0.15) is 0 Å². The van der Waals surface area contributed by atoms with Gasteiger partial charge in [0, 0.05) is 6.54 Å². The summed E-state index contributed by atoms with van der Waals surface area (Å²) in [5.74, 6) is -0.587. The Morgan fingerprint density at radius 1 is 1.27 bits per heavy atom. The lowest BCUT2D eigenvalue weighted by Gasteiger charge is -2.27. The Hall–Kier alpha value is -2.67. The Bertz CT molecular complexity index is 976. The molecule has 0 saturated heterocycles. The third-order valence-corrected chi connectivity index (χ3v) is 6.05. The molecule has 0 fully saturated rings. The zero-order valence-electron chi connectivity index (χ0n) is 18.1. The number of aliphatic hydroxyl groups excluding tert-OH is 1. The third-order valence-electron chi connectivity index (χ3n) is 4.98. The molecule has 1 aromatic carbocycles. The molecule has 160 valence electrons. The number of aromatic nitrogens is 1. The van der Waals surface area contributed by atoms with E-state index in [1.807, 2.05) is 52.0 Å². The predicted molar refractivity (Wildman–Crippen MR) is 117 cm³/mol. The molecule has 1 amide bonds. The lowest BCUT2D eigenvalue weighted by Crippen LogP contribution is -2.32. The maximum Gasteiger partial charge on any atom is 0.290 e. The molecule has 7 heteroatoms. The van der Waals surface area contributed by atoms with Crippen molar-refractivity contribution in [1.82, 2.24) is 9.88 Å². The molecule has 1 N–H and O–H groups in total. The quantitative estimate of drug-likeness (QED) is 0.603. The molecule has 1 aliphatic heterocycles. The van der Waals surface area contributed by atoms with Crippen molar-refractivity contribution in [2.24, 2.45) is 0 Å². The van der Waals surface area contributed by atoms with E-state index in [1.54, 1.807) is 11.8 Å². The molecule has 2 heterocycles. The number of aliphatic hydroxyl groups is 1. The molecule has 0 radical (unpaired) electrons. The lowest BCUT2D eigenvalue weighted by atomic mass is 9.95. The van der Waals surface area contributed by atoms with Gasteiger partial charge in [0.2, 0.25) is 5.78 Å². The highest BCUT2D eigenvalue weighted by Crippen LogP contribution is 2.40. The minimum Gasteiger partial charge on any atom is -0.503 e. The van der Waals surface area contributed by atoms with Gasteiger partial charge in [0.1, 0.15) is 5.75 Å². The van der Waals surface area contributed by atoms with Gasteiger partial charge in [-0.3, -0.25) is 9.59 Å². The highest BCUT2D eigenvalue weighted by atomic mass is 32.1. The Morgan fingerprint density at radius 3 is 2.47 bits per heavy atom. The molecular weight excluding hydrogens is 400 g/mol. The second-order valence-corrected chi connectivity index (χ2v) is 8.93. The number of ketones is 1. The summed E-state index contributed by atoms with van der Waals surface area (Å²) in [6.45, 7) is 10.0. The number of amides is 1. The maximum atomic E-state index is 13.4. The number of ether oxygens (including phenoxy) is 1. The van der Waals surface area contributed by atoms with Gasteiger partial charge < -0.3 is 14.7 Å². The van der Waals surface area contributed by atoms with Gasteiger partial charge >= 0.3 is 0 Å². The summed E-state index contributed by atoms with van der Waals surface area (Å²) >= 11 is 1.28. The fourth-order valence-corrected chi connectivity index (χ4v) is 4.53. The summed E-state index contributed by atoms with van der Waals surface area (Å²) in [6, 6.07) is 6.73. The largest absolute Gasteiger partial charge is 0.503 e. The molecule has 0 aliphatic carbocycles. The molecular formula is C23H28N2O4S. The Kier molecular flexibility index (Phi) is 6.61. The van der Waals surface area contributed by atoms with Crippen molar-refractivity contribution < 1.29 is 19.4 Å². The minimum atomic E-state index is -0.633. The van der Waals surface area contributed by atoms with Crippen molar-refractivity contribution in [2.45, 2.75) is 59.6 Å². The number of hydrogen-bond donors (Lipinski definition) is 1. The summed E-state index contributed by atoms with van der Waals surface area (Å²) in [4.78, 5) is 32.7. The van der Waals surface area contributed by atoms with Crippen LogP contribution in [-0.4, -0.2) is 39.3 Å². The van der Waals surface area contributed by atoms with Crippen molar-refractivity contribution in [3.8, 4) is 5.75 Å². The van der Waals surface area contributed by atoms with Crippen LogP contribution in [0.2, 0.25) is 0 Å². The normalized spacial score (nSPS) is 16.7. The van der Waals surface area contributed by atoms with E-state index in [1.165, 1.54) is 11.3 Å². The standard InChI is InChI=1S/C23H28N2O4S/c1-6-7-12-25-19(16-8-10-17(11-9-16)29-13(2)3)18(21(27)23(25)28)20(26)22-14(4)24-15(5)30-22/h8-11,13,19,27H,6-7,12H2,1-5H3. The van der Waals surface area contributed by atoms with Gasteiger partial charge in [0.15, 0.2) is 5.76 Å². The Morgan fingerprint density at radius 2 is 1.93 bits per heavy atom. The third kappa shape index (κ3) is 4.26. The first-order valence-electron chi connectivity index (χ1n) is 10.2. The first-order chi connectivity index (χ1) is 14.2. The Labute approximate surface area is 181 Å². The van der Waals surface area contributed by atoms with E-state index in [-0.39, 0.29) is 17.5 Å². The van der Waals surface area contributed by atoms with Crippen LogP contribution in [0.25, 0.3) is 0 Å². The average Bonchev–Trinajstić information content (AvgIpc) is 3.16. The molecule has 0 saturated carbocycles. The molecule has 2 aromatic rings. The van der Waals surface area contributed by atoms with Gasteiger partial charge in [0.05, 0.1) is 33.3 Å². The number of hydrogen-bond acceptors (Lipinski definition) is 6. The van der Waals surface area contributed by atoms with E-state index < -0.39 is 17.7 Å². The average molecular weight is 429 g/mol. The number of carbonyl (C=O) groups excluding carboxylic acids is 2. The predicted octanol–water partition coefficient (Wildman–Crippen LogP) is 4.93. The molecule has 1 aliphatic rings. The first kappa shape index (κ1) is 22.0. The smallest absolute Gasteiger partial charge is 0.290 e. The van der Waals surface area contributed by atoms with Crippen LogP contribution in [-0.2, 0) is 4.79 Å². The van der Waals surface area contributed by atoms with Gasteiger partial charge in [-0.1, -0.05) is 25.5 Å². The van der Waals surface area contributed by atoms with Crippen LogP contribution >= 0.6 is 11.3 Å². The number of thiazole rings is 1. The number of unbranched alkanes of at least 4 members (excludes halogenated alkanes) is 1. The van der Waals surface area contributed by atoms with Crippen LogP contribution in [0.5, 0.6) is 5.75 Å². The summed E-state index contributed by atoms with van der Waals surface area (Å²) < 4.78 is 5.71. The Balaban J connectivity index is 2.04. The van der Waals surface area contributed by atoms with E-state index in [4.69, 9.17) is 4.74 Å². The number of aryl methyl sites for hydroxylation is 2. The second-order valence-electron chi connectivity index (χ2n) is 7.73. The van der Waals surface area contributed by atoms with Gasteiger partial charge in [0.25, 0.3) is 5.91 Å². The second kappa shape index (κ2) is 9.00. The van der Waals surface area contributed by atoms with Crippen LogP contribution in [0, 0.1) is 13.8 Å². The molecule has 0 spiro atoms. The SMILES string of the molecule is CCCCN1C(=O)C(O)=C(C(=O)c2sc(C)nc2C)C1c1ccc(OC(C)C)cc1. The van der Waals surface area contributed by atoms with Crippen LogP contribution in [0.1, 0.15) is 65.6 Å². The molecule has 6 nitrogen and oxygen atoms in total. The number of benzene rings is 1. The summed E-state index contributed by atoms with van der Waals surface area (Å²) in [5.41, 5.74) is 1.50. The monoisotopic (exact) mass is 428 g/mol. The number of rotatable bonds is 8. The molecule has 1 aromatic heterocycles. The first-order valence-corrected chi connectivity index (χ1v) is 11.1. The van der Waals surface area contributed by atoms with E-state index in [2.05, 4.69) is 4.98 Å². The van der Waals surface area contributed by atoms with Crippen molar-refractivity contribution in [3.63, 3.8) is 0 Å². The maximum absolute atomic E-state index is 13.4. The topological polar surface area (TPSA) is 79.7 Å². The molecule has 30 heavy (non-hydrogen) atoms. The highest BCUT2D eigenvalue weighted by Gasteiger charge is 2.44. The van der Waals surface area contributed by atoms with Crippen LogP contribution < -0.4 is 4.74 Å². The van der Waals surface area contributed by atoms with E-state index in [0.717, 1.165) is 23.4 Å². The van der Waals surface area contributed by atoms with Crippen LogP contribution in [0.3, 0.4) is 0 Å². The van der Waals surface area contributed by atoms with Crippen LogP contribution in [0.15, 0.2) is 35.6 Å². The van der Waals surface area contributed by atoms with Gasteiger partial charge in [-0.05, 0) is 51.8 Å². The minimum absolute atomic E-state index is 0.0450. The fraction of sp³-hybridized carbons (Fsp3) is 0.435. The molecule has 3 rings (SSSR count). The van der Waals surface area contributed by atoms with Gasteiger partial charge in [-0.15, -0.1) is 11.3 Å². The van der Waals surface area contributed by atoms with Crippen LogP contribution in [0.4, 0.5) is 0 Å². The van der Waals surface area contributed by atoms with Crippen molar-refractivity contribution in [1.29, 1.82) is 0 Å². The van der Waals surface area contributed by atoms with Crippen molar-refractivity contribution >= 4 is 23.0 Å².